The molecule has 2 aromatic rings. The number of carboxylic acid groups (broad SMARTS) is 1. The topological polar surface area (TPSA) is 55.8 Å². The molecule has 2 aromatic carbocycles. The average molecular weight is 352 g/mol. The number of benzene rings is 2. The van der Waals surface area contributed by atoms with Gasteiger partial charge in [-0.2, -0.15) is 0 Å². The second-order valence-corrected chi connectivity index (χ2v) is 7.52. The number of carboxylic acids is 1. The monoisotopic (exact) mass is 352 g/mol. The standard InChI is InChI=1S/C22H24O4/c1-13(2)16-4-3-5-19-18(16)8-9-20(19)26-15-6-7-17-14(10-22(23)24)12-25-21(17)11-15/h3-7,11,13-14,20H,8-10,12H2,1-2H3,(H,23,24). The molecule has 0 saturated carbocycles. The number of aliphatic carboxylic acids is 1. The molecule has 4 heteroatoms. The van der Waals surface area contributed by atoms with Crippen LogP contribution in [0.4, 0.5) is 0 Å². The molecule has 4 rings (SSSR count). The predicted octanol–water partition coefficient (Wildman–Crippen LogP) is 4.83. The van der Waals surface area contributed by atoms with Crippen LogP contribution in [0.1, 0.15) is 66.9 Å². The third-order valence-electron chi connectivity index (χ3n) is 5.44. The van der Waals surface area contributed by atoms with Gasteiger partial charge in [0.15, 0.2) is 0 Å². The molecule has 0 radical (unpaired) electrons. The lowest BCUT2D eigenvalue weighted by Crippen LogP contribution is -2.07. The average Bonchev–Trinajstić information content (AvgIpc) is 3.19. The van der Waals surface area contributed by atoms with Crippen LogP contribution in [0, 0.1) is 0 Å². The molecule has 2 atom stereocenters. The summed E-state index contributed by atoms with van der Waals surface area (Å²) in [6.07, 6.45) is 2.20. The van der Waals surface area contributed by atoms with Crippen LogP contribution in [0.15, 0.2) is 36.4 Å². The largest absolute Gasteiger partial charge is 0.492 e. The van der Waals surface area contributed by atoms with E-state index in [0.29, 0.717) is 12.5 Å². The molecule has 0 aromatic heterocycles. The van der Waals surface area contributed by atoms with Crippen molar-refractivity contribution in [2.24, 2.45) is 0 Å². The van der Waals surface area contributed by atoms with E-state index in [2.05, 4.69) is 32.0 Å². The van der Waals surface area contributed by atoms with E-state index in [4.69, 9.17) is 14.6 Å². The van der Waals surface area contributed by atoms with Crippen LogP contribution in [0.25, 0.3) is 0 Å². The maximum atomic E-state index is 11.0. The van der Waals surface area contributed by atoms with E-state index in [9.17, 15) is 4.79 Å². The molecule has 136 valence electrons. The van der Waals surface area contributed by atoms with Crippen molar-refractivity contribution < 1.29 is 19.4 Å². The molecule has 0 fully saturated rings. The molecule has 0 saturated heterocycles. The lowest BCUT2D eigenvalue weighted by Gasteiger charge is -2.17. The Morgan fingerprint density at radius 2 is 2.12 bits per heavy atom. The fourth-order valence-corrected chi connectivity index (χ4v) is 4.18. The quantitative estimate of drug-likeness (QED) is 0.837. The first-order valence-electron chi connectivity index (χ1n) is 9.29. The molecule has 2 aliphatic rings. The number of hydrogen-bond donors (Lipinski definition) is 1. The fraction of sp³-hybridized carbons (Fsp3) is 0.409. The van der Waals surface area contributed by atoms with E-state index in [0.717, 1.165) is 29.9 Å². The second kappa shape index (κ2) is 6.67. The Morgan fingerprint density at radius 1 is 1.27 bits per heavy atom. The van der Waals surface area contributed by atoms with Crippen molar-refractivity contribution in [3.8, 4) is 11.5 Å². The van der Waals surface area contributed by atoms with Gasteiger partial charge >= 0.3 is 5.97 Å². The first kappa shape index (κ1) is 17.0. The molecule has 0 amide bonds. The van der Waals surface area contributed by atoms with Crippen molar-refractivity contribution in [2.45, 2.75) is 51.0 Å². The van der Waals surface area contributed by atoms with Gasteiger partial charge in [-0.1, -0.05) is 38.1 Å². The van der Waals surface area contributed by atoms with Crippen molar-refractivity contribution in [2.75, 3.05) is 6.61 Å². The maximum absolute atomic E-state index is 11.0. The lowest BCUT2D eigenvalue weighted by molar-refractivity contribution is -0.137. The third-order valence-corrected chi connectivity index (χ3v) is 5.44. The molecule has 2 unspecified atom stereocenters. The van der Waals surface area contributed by atoms with E-state index >= 15 is 0 Å². The molecular formula is C22H24O4. The first-order valence-corrected chi connectivity index (χ1v) is 9.29. The van der Waals surface area contributed by atoms with Crippen molar-refractivity contribution in [1.82, 2.24) is 0 Å². The highest BCUT2D eigenvalue weighted by Crippen LogP contribution is 2.42. The number of fused-ring (bicyclic) bond motifs is 2. The van der Waals surface area contributed by atoms with E-state index in [1.807, 2.05) is 18.2 Å². The molecule has 1 heterocycles. The van der Waals surface area contributed by atoms with E-state index in [1.165, 1.54) is 16.7 Å². The third kappa shape index (κ3) is 3.05. The summed E-state index contributed by atoms with van der Waals surface area (Å²) < 4.78 is 12.0. The highest BCUT2D eigenvalue weighted by molar-refractivity contribution is 5.68. The first-order chi connectivity index (χ1) is 12.5. The zero-order valence-corrected chi connectivity index (χ0v) is 15.2. The van der Waals surface area contributed by atoms with Gasteiger partial charge in [0.2, 0.25) is 0 Å². The van der Waals surface area contributed by atoms with E-state index in [-0.39, 0.29) is 18.4 Å². The molecule has 26 heavy (non-hydrogen) atoms. The van der Waals surface area contributed by atoms with Gasteiger partial charge < -0.3 is 14.6 Å². The van der Waals surface area contributed by atoms with Crippen molar-refractivity contribution in [1.29, 1.82) is 0 Å². The summed E-state index contributed by atoms with van der Waals surface area (Å²) >= 11 is 0. The summed E-state index contributed by atoms with van der Waals surface area (Å²) in [5.41, 5.74) is 5.11. The molecule has 4 nitrogen and oxygen atoms in total. The lowest BCUT2D eigenvalue weighted by atomic mass is 9.94. The molecular weight excluding hydrogens is 328 g/mol. The highest BCUT2D eigenvalue weighted by atomic mass is 16.5. The van der Waals surface area contributed by atoms with Gasteiger partial charge in [0.05, 0.1) is 13.0 Å². The fourth-order valence-electron chi connectivity index (χ4n) is 4.18. The normalized spacial score (nSPS) is 20.6. The summed E-state index contributed by atoms with van der Waals surface area (Å²) in [5.74, 6) is 1.19. The van der Waals surface area contributed by atoms with Crippen LogP contribution < -0.4 is 9.47 Å². The van der Waals surface area contributed by atoms with Crippen molar-refractivity contribution in [3.63, 3.8) is 0 Å². The minimum atomic E-state index is -0.796. The van der Waals surface area contributed by atoms with Crippen LogP contribution in [0.3, 0.4) is 0 Å². The molecule has 0 spiro atoms. The summed E-state index contributed by atoms with van der Waals surface area (Å²) in [4.78, 5) is 11.0. The minimum Gasteiger partial charge on any atom is -0.492 e. The summed E-state index contributed by atoms with van der Waals surface area (Å²) in [6.45, 7) is 4.89. The Balaban J connectivity index is 1.54. The summed E-state index contributed by atoms with van der Waals surface area (Å²) in [5, 5.41) is 9.02. The maximum Gasteiger partial charge on any atom is 0.304 e. The Morgan fingerprint density at radius 3 is 2.88 bits per heavy atom. The number of ether oxygens (including phenoxy) is 2. The van der Waals surface area contributed by atoms with Gasteiger partial charge in [-0.25, -0.2) is 0 Å². The van der Waals surface area contributed by atoms with Crippen LogP contribution in [-0.4, -0.2) is 17.7 Å². The molecule has 1 aliphatic heterocycles. The minimum absolute atomic E-state index is 0.0676. The van der Waals surface area contributed by atoms with Crippen LogP contribution in [-0.2, 0) is 11.2 Å². The van der Waals surface area contributed by atoms with Gasteiger partial charge in [-0.15, -0.1) is 0 Å². The van der Waals surface area contributed by atoms with Gasteiger partial charge in [0.25, 0.3) is 0 Å². The zero-order chi connectivity index (χ0) is 18.3. The van der Waals surface area contributed by atoms with Crippen molar-refractivity contribution >= 4 is 5.97 Å². The van der Waals surface area contributed by atoms with Gasteiger partial charge in [0, 0.05) is 17.5 Å². The second-order valence-electron chi connectivity index (χ2n) is 7.52. The zero-order valence-electron chi connectivity index (χ0n) is 15.2. The van der Waals surface area contributed by atoms with Gasteiger partial charge in [-0.3, -0.25) is 4.79 Å². The summed E-state index contributed by atoms with van der Waals surface area (Å²) in [7, 11) is 0. The van der Waals surface area contributed by atoms with E-state index in [1.54, 1.807) is 0 Å². The van der Waals surface area contributed by atoms with E-state index < -0.39 is 5.97 Å². The Labute approximate surface area is 153 Å². The van der Waals surface area contributed by atoms with Crippen LogP contribution in [0.5, 0.6) is 11.5 Å². The van der Waals surface area contributed by atoms with Gasteiger partial charge in [0.1, 0.15) is 17.6 Å². The Bertz CT molecular complexity index is 840. The number of carbonyl (C=O) groups is 1. The number of hydrogen-bond acceptors (Lipinski definition) is 3. The number of rotatable bonds is 5. The smallest absolute Gasteiger partial charge is 0.304 e. The van der Waals surface area contributed by atoms with Crippen molar-refractivity contribution in [3.05, 3.63) is 58.7 Å². The molecule has 1 N–H and O–H groups in total. The Kier molecular flexibility index (Phi) is 4.35. The van der Waals surface area contributed by atoms with Crippen LogP contribution in [0.2, 0.25) is 0 Å². The summed E-state index contributed by atoms with van der Waals surface area (Å²) in [6, 6.07) is 12.3. The van der Waals surface area contributed by atoms with Gasteiger partial charge in [-0.05, 0) is 41.5 Å². The molecule has 1 aliphatic carbocycles. The highest BCUT2D eigenvalue weighted by Gasteiger charge is 2.29. The SMILES string of the molecule is CC(C)c1cccc2c1CCC2Oc1ccc2c(c1)OCC2CC(=O)O. The molecule has 0 bridgehead atoms. The predicted molar refractivity (Wildman–Crippen MR) is 99.2 cm³/mol. The Hall–Kier alpha value is -2.49. The van der Waals surface area contributed by atoms with Crippen LogP contribution >= 0.6 is 0 Å².